The molecular formula is C25H16F2O2. The zero-order valence-corrected chi connectivity index (χ0v) is 15.3. The van der Waals surface area contributed by atoms with Gasteiger partial charge in [-0.05, 0) is 58.5 Å². The third kappa shape index (κ3) is 3.78. The molecule has 4 aromatic rings. The van der Waals surface area contributed by atoms with Gasteiger partial charge in [0.2, 0.25) is 0 Å². The van der Waals surface area contributed by atoms with Crippen LogP contribution in [0.2, 0.25) is 0 Å². The highest BCUT2D eigenvalue weighted by Gasteiger charge is 2.15. The normalized spacial score (nSPS) is 10.7. The van der Waals surface area contributed by atoms with Crippen LogP contribution in [0.3, 0.4) is 0 Å². The Hall–Kier alpha value is -3.79. The fraction of sp³-hybridized carbons (Fsp3) is 0. The largest absolute Gasteiger partial charge is 0.507 e. The van der Waals surface area contributed by atoms with Crippen LogP contribution in [0.5, 0.6) is 5.75 Å². The summed E-state index contributed by atoms with van der Waals surface area (Å²) in [7, 11) is 0. The van der Waals surface area contributed by atoms with Crippen LogP contribution in [0, 0.1) is 11.6 Å². The van der Waals surface area contributed by atoms with E-state index in [1.807, 2.05) is 12.1 Å². The van der Waals surface area contributed by atoms with E-state index in [-0.39, 0.29) is 11.3 Å². The van der Waals surface area contributed by atoms with Crippen LogP contribution in [-0.4, -0.2) is 10.9 Å². The maximum absolute atomic E-state index is 13.4. The first-order chi connectivity index (χ1) is 14.0. The summed E-state index contributed by atoms with van der Waals surface area (Å²) in [5.41, 5.74) is 1.87. The van der Waals surface area contributed by atoms with Gasteiger partial charge in [-0.25, -0.2) is 8.78 Å². The number of hydrogen-bond donors (Lipinski definition) is 1. The molecule has 0 heterocycles. The average molecular weight is 386 g/mol. The van der Waals surface area contributed by atoms with Crippen LogP contribution in [0.15, 0.2) is 91.0 Å². The van der Waals surface area contributed by atoms with Gasteiger partial charge >= 0.3 is 0 Å². The number of aromatic hydroxyl groups is 1. The van der Waals surface area contributed by atoms with Gasteiger partial charge in [-0.3, -0.25) is 4.79 Å². The van der Waals surface area contributed by atoms with Gasteiger partial charge in [0, 0.05) is 5.39 Å². The zero-order chi connectivity index (χ0) is 20.4. The fourth-order valence-electron chi connectivity index (χ4n) is 3.26. The van der Waals surface area contributed by atoms with Crippen LogP contribution < -0.4 is 0 Å². The van der Waals surface area contributed by atoms with Crippen molar-refractivity contribution in [2.45, 2.75) is 0 Å². The van der Waals surface area contributed by atoms with Gasteiger partial charge in [-0.2, -0.15) is 0 Å². The molecule has 0 saturated carbocycles. The predicted molar refractivity (Wildman–Crippen MR) is 110 cm³/mol. The van der Waals surface area contributed by atoms with E-state index in [0.717, 1.165) is 5.39 Å². The molecule has 0 fully saturated rings. The Kier molecular flexibility index (Phi) is 4.92. The minimum absolute atomic E-state index is 0.0955. The van der Waals surface area contributed by atoms with E-state index in [2.05, 4.69) is 0 Å². The predicted octanol–water partition coefficient (Wildman–Crippen LogP) is 6.14. The van der Waals surface area contributed by atoms with Gasteiger partial charge < -0.3 is 5.11 Å². The summed E-state index contributed by atoms with van der Waals surface area (Å²) >= 11 is 0. The fourth-order valence-corrected chi connectivity index (χ4v) is 3.26. The monoisotopic (exact) mass is 386 g/mol. The Morgan fingerprint density at radius 1 is 0.724 bits per heavy atom. The molecule has 0 aliphatic rings. The molecule has 4 aromatic carbocycles. The summed E-state index contributed by atoms with van der Waals surface area (Å²) in [5.74, 6) is -1.30. The Balaban J connectivity index is 1.84. The molecule has 0 aliphatic heterocycles. The molecule has 0 aliphatic carbocycles. The SMILES string of the molecule is O=C(C=C(c1ccc(F)cc1)c1ccc(F)cc1)c1ccc2ccccc2c1O. The Labute approximate surface area is 166 Å². The topological polar surface area (TPSA) is 37.3 Å². The van der Waals surface area contributed by atoms with E-state index in [9.17, 15) is 18.7 Å². The molecule has 4 rings (SSSR count). The molecule has 0 spiro atoms. The van der Waals surface area contributed by atoms with Crippen molar-refractivity contribution in [1.82, 2.24) is 0 Å². The number of benzene rings is 4. The highest BCUT2D eigenvalue weighted by molar-refractivity contribution is 6.14. The van der Waals surface area contributed by atoms with Crippen molar-refractivity contribution < 1.29 is 18.7 Å². The molecule has 1 N–H and O–H groups in total. The van der Waals surface area contributed by atoms with E-state index >= 15 is 0 Å². The van der Waals surface area contributed by atoms with Gasteiger partial charge in [0.05, 0.1) is 5.56 Å². The maximum atomic E-state index is 13.4. The van der Waals surface area contributed by atoms with Gasteiger partial charge in [0.25, 0.3) is 0 Å². The van der Waals surface area contributed by atoms with E-state index < -0.39 is 17.4 Å². The van der Waals surface area contributed by atoms with Crippen molar-refractivity contribution in [3.05, 3.63) is 119 Å². The molecule has 0 aromatic heterocycles. The van der Waals surface area contributed by atoms with Gasteiger partial charge in [0.15, 0.2) is 5.78 Å². The first kappa shape index (κ1) is 18.6. The molecule has 142 valence electrons. The number of fused-ring (bicyclic) bond motifs is 1. The van der Waals surface area contributed by atoms with Crippen molar-refractivity contribution in [3.63, 3.8) is 0 Å². The van der Waals surface area contributed by atoms with Crippen molar-refractivity contribution in [2.75, 3.05) is 0 Å². The minimum atomic E-state index is -0.406. The first-order valence-electron chi connectivity index (χ1n) is 9.01. The third-order valence-electron chi connectivity index (χ3n) is 4.75. The van der Waals surface area contributed by atoms with Crippen LogP contribution >= 0.6 is 0 Å². The quantitative estimate of drug-likeness (QED) is 0.338. The van der Waals surface area contributed by atoms with E-state index in [1.165, 1.54) is 30.3 Å². The summed E-state index contributed by atoms with van der Waals surface area (Å²) in [6.45, 7) is 0. The summed E-state index contributed by atoms with van der Waals surface area (Å²) < 4.78 is 26.7. The second-order valence-electron chi connectivity index (χ2n) is 6.62. The van der Waals surface area contributed by atoms with Crippen LogP contribution in [0.4, 0.5) is 8.78 Å². The zero-order valence-electron chi connectivity index (χ0n) is 15.3. The number of rotatable bonds is 4. The van der Waals surface area contributed by atoms with Crippen LogP contribution in [-0.2, 0) is 0 Å². The number of carbonyl (C=O) groups excluding carboxylic acids is 1. The lowest BCUT2D eigenvalue weighted by Gasteiger charge is -2.10. The number of carbonyl (C=O) groups is 1. The van der Waals surface area contributed by atoms with Gasteiger partial charge in [-0.15, -0.1) is 0 Å². The van der Waals surface area contributed by atoms with Gasteiger partial charge in [-0.1, -0.05) is 54.6 Å². The molecule has 0 saturated heterocycles. The summed E-state index contributed by atoms with van der Waals surface area (Å²) in [4.78, 5) is 13.0. The van der Waals surface area contributed by atoms with Crippen molar-refractivity contribution in [2.24, 2.45) is 0 Å². The number of phenols is 1. The summed E-state index contributed by atoms with van der Waals surface area (Å²) in [6, 6.07) is 22.0. The lowest BCUT2D eigenvalue weighted by Crippen LogP contribution is -1.99. The number of allylic oxidation sites excluding steroid dienone is 1. The van der Waals surface area contributed by atoms with E-state index in [0.29, 0.717) is 22.1 Å². The Bertz CT molecular complexity index is 1180. The lowest BCUT2D eigenvalue weighted by molar-refractivity contribution is 0.104. The minimum Gasteiger partial charge on any atom is -0.507 e. The lowest BCUT2D eigenvalue weighted by atomic mass is 9.94. The number of ketones is 1. The molecule has 0 bridgehead atoms. The first-order valence-corrected chi connectivity index (χ1v) is 9.01. The number of hydrogen-bond acceptors (Lipinski definition) is 2. The Morgan fingerprint density at radius 3 is 1.86 bits per heavy atom. The smallest absolute Gasteiger partial charge is 0.190 e. The van der Waals surface area contributed by atoms with Crippen molar-refractivity contribution in [1.29, 1.82) is 0 Å². The third-order valence-corrected chi connectivity index (χ3v) is 4.75. The Morgan fingerprint density at radius 2 is 1.28 bits per heavy atom. The van der Waals surface area contributed by atoms with Gasteiger partial charge in [0.1, 0.15) is 17.4 Å². The van der Waals surface area contributed by atoms with E-state index in [4.69, 9.17) is 0 Å². The molecular weight excluding hydrogens is 370 g/mol. The molecule has 0 radical (unpaired) electrons. The molecule has 0 unspecified atom stereocenters. The summed E-state index contributed by atoms with van der Waals surface area (Å²) in [5, 5.41) is 12.0. The van der Waals surface area contributed by atoms with Crippen LogP contribution in [0.1, 0.15) is 21.5 Å². The van der Waals surface area contributed by atoms with E-state index in [1.54, 1.807) is 48.5 Å². The second-order valence-corrected chi connectivity index (χ2v) is 6.62. The summed E-state index contributed by atoms with van der Waals surface area (Å²) in [6.07, 6.45) is 1.38. The molecule has 29 heavy (non-hydrogen) atoms. The molecule has 0 amide bonds. The van der Waals surface area contributed by atoms with Crippen LogP contribution in [0.25, 0.3) is 16.3 Å². The number of phenolic OH excluding ortho intramolecular Hbond substituents is 1. The molecule has 2 nitrogen and oxygen atoms in total. The second kappa shape index (κ2) is 7.68. The maximum Gasteiger partial charge on any atom is 0.190 e. The number of halogens is 2. The van der Waals surface area contributed by atoms with Crippen molar-refractivity contribution >= 4 is 22.1 Å². The van der Waals surface area contributed by atoms with Crippen molar-refractivity contribution in [3.8, 4) is 5.75 Å². The standard InChI is InChI=1S/C25H16F2O2/c26-19-10-5-17(6-11-19)23(18-7-12-20(27)13-8-18)15-24(28)22-14-9-16-3-1-2-4-21(16)25(22)29/h1-15,29H. The highest BCUT2D eigenvalue weighted by atomic mass is 19.1. The molecule has 4 heteroatoms. The average Bonchev–Trinajstić information content (AvgIpc) is 2.74. The highest BCUT2D eigenvalue weighted by Crippen LogP contribution is 2.31. The molecule has 0 atom stereocenters.